The van der Waals surface area contributed by atoms with Crippen molar-refractivity contribution in [2.24, 2.45) is 12.8 Å². The summed E-state index contributed by atoms with van der Waals surface area (Å²) in [7, 11) is 1.94. The fraction of sp³-hybridized carbons (Fsp3) is 0.727. The molecule has 1 fully saturated rings. The largest absolute Gasteiger partial charge is 0.325 e. The number of aryl methyl sites for hydroxylation is 2. The third-order valence-corrected chi connectivity index (χ3v) is 3.87. The van der Waals surface area contributed by atoms with E-state index in [2.05, 4.69) is 5.10 Å². The van der Waals surface area contributed by atoms with E-state index in [0.717, 1.165) is 35.7 Å². The first-order chi connectivity index (χ1) is 7.02. The molecule has 0 radical (unpaired) electrons. The molecule has 4 heteroatoms. The zero-order chi connectivity index (χ0) is 11.1. The van der Waals surface area contributed by atoms with E-state index in [1.807, 2.05) is 18.7 Å². The minimum Gasteiger partial charge on any atom is -0.325 e. The topological polar surface area (TPSA) is 43.8 Å². The van der Waals surface area contributed by atoms with Gasteiger partial charge in [0.25, 0.3) is 0 Å². The van der Waals surface area contributed by atoms with Gasteiger partial charge >= 0.3 is 0 Å². The van der Waals surface area contributed by atoms with Crippen molar-refractivity contribution in [1.82, 2.24) is 9.78 Å². The molecule has 0 amide bonds. The van der Waals surface area contributed by atoms with Crippen molar-refractivity contribution in [3.63, 3.8) is 0 Å². The molecule has 1 aliphatic rings. The average molecular weight is 228 g/mol. The molecule has 0 saturated heterocycles. The minimum absolute atomic E-state index is 0.0517. The monoisotopic (exact) mass is 227 g/mol. The highest BCUT2D eigenvalue weighted by molar-refractivity contribution is 6.31. The number of hydrogen-bond acceptors (Lipinski definition) is 2. The van der Waals surface area contributed by atoms with Crippen LogP contribution in [0.4, 0.5) is 0 Å². The van der Waals surface area contributed by atoms with Crippen LogP contribution in [0.25, 0.3) is 0 Å². The Hall–Kier alpha value is -0.540. The van der Waals surface area contributed by atoms with Crippen LogP contribution in [-0.2, 0) is 13.5 Å². The Morgan fingerprint density at radius 2 is 2.07 bits per heavy atom. The molecule has 84 valence electrons. The van der Waals surface area contributed by atoms with Crippen molar-refractivity contribution < 1.29 is 0 Å². The predicted molar refractivity (Wildman–Crippen MR) is 62.0 cm³/mol. The van der Waals surface area contributed by atoms with E-state index >= 15 is 0 Å². The molecule has 1 saturated carbocycles. The second-order valence-electron chi connectivity index (χ2n) is 4.72. The summed E-state index contributed by atoms with van der Waals surface area (Å²) in [4.78, 5) is 0. The SMILES string of the molecule is Cc1nn(C)c(CC2(N)CCCC2)c1Cl. The van der Waals surface area contributed by atoms with Crippen molar-refractivity contribution in [3.05, 3.63) is 16.4 Å². The second kappa shape index (κ2) is 3.80. The number of nitrogens with zero attached hydrogens (tertiary/aromatic N) is 2. The van der Waals surface area contributed by atoms with Gasteiger partial charge < -0.3 is 5.73 Å². The first-order valence-corrected chi connectivity index (χ1v) is 5.86. The van der Waals surface area contributed by atoms with Gasteiger partial charge in [-0.25, -0.2) is 0 Å². The van der Waals surface area contributed by atoms with Gasteiger partial charge in [0.05, 0.1) is 16.4 Å². The normalized spacial score (nSPS) is 19.7. The molecule has 15 heavy (non-hydrogen) atoms. The maximum Gasteiger partial charge on any atom is 0.0847 e. The Morgan fingerprint density at radius 1 is 1.47 bits per heavy atom. The summed E-state index contributed by atoms with van der Waals surface area (Å²) in [5, 5.41) is 5.10. The summed E-state index contributed by atoms with van der Waals surface area (Å²) in [6.07, 6.45) is 5.54. The first-order valence-electron chi connectivity index (χ1n) is 5.49. The Morgan fingerprint density at radius 3 is 2.53 bits per heavy atom. The van der Waals surface area contributed by atoms with Gasteiger partial charge in [0.1, 0.15) is 0 Å². The molecule has 1 aromatic rings. The Kier molecular flexibility index (Phi) is 2.77. The third kappa shape index (κ3) is 2.04. The molecule has 1 aliphatic carbocycles. The molecule has 0 spiro atoms. The quantitative estimate of drug-likeness (QED) is 0.842. The molecule has 2 rings (SSSR count). The highest BCUT2D eigenvalue weighted by atomic mass is 35.5. The van der Waals surface area contributed by atoms with E-state index in [1.54, 1.807) is 0 Å². The molecule has 1 heterocycles. The molecule has 0 bridgehead atoms. The summed E-state index contributed by atoms with van der Waals surface area (Å²) in [5.74, 6) is 0. The van der Waals surface area contributed by atoms with Crippen LogP contribution >= 0.6 is 11.6 Å². The molecule has 1 aromatic heterocycles. The lowest BCUT2D eigenvalue weighted by atomic mass is 9.93. The Balaban J connectivity index is 2.23. The maximum absolute atomic E-state index is 6.34. The van der Waals surface area contributed by atoms with E-state index < -0.39 is 0 Å². The summed E-state index contributed by atoms with van der Waals surface area (Å²) in [6, 6.07) is 0. The molecule has 0 aliphatic heterocycles. The van der Waals surface area contributed by atoms with Gasteiger partial charge in [-0.15, -0.1) is 0 Å². The van der Waals surface area contributed by atoms with Gasteiger partial charge in [-0.05, 0) is 19.8 Å². The van der Waals surface area contributed by atoms with Crippen molar-refractivity contribution in [2.45, 2.75) is 44.6 Å². The van der Waals surface area contributed by atoms with Crippen LogP contribution in [0.2, 0.25) is 5.02 Å². The first kappa shape index (κ1) is 11.0. The predicted octanol–water partition coefficient (Wildman–Crippen LogP) is 2.20. The zero-order valence-electron chi connectivity index (χ0n) is 9.39. The van der Waals surface area contributed by atoms with Crippen LogP contribution in [0.3, 0.4) is 0 Å². The maximum atomic E-state index is 6.34. The number of halogens is 1. The molecular formula is C11H18ClN3. The zero-order valence-corrected chi connectivity index (χ0v) is 10.1. The van der Waals surface area contributed by atoms with Gasteiger partial charge in [-0.1, -0.05) is 24.4 Å². The lowest BCUT2D eigenvalue weighted by Gasteiger charge is -2.23. The van der Waals surface area contributed by atoms with Crippen molar-refractivity contribution in [1.29, 1.82) is 0 Å². The summed E-state index contributed by atoms with van der Waals surface area (Å²) in [5.41, 5.74) is 8.27. The van der Waals surface area contributed by atoms with Gasteiger partial charge in [-0.3, -0.25) is 4.68 Å². The molecule has 2 N–H and O–H groups in total. The van der Waals surface area contributed by atoms with E-state index in [4.69, 9.17) is 17.3 Å². The molecule has 0 aromatic carbocycles. The highest BCUT2D eigenvalue weighted by Gasteiger charge is 2.31. The lowest BCUT2D eigenvalue weighted by Crippen LogP contribution is -2.39. The number of hydrogen-bond donors (Lipinski definition) is 1. The van der Waals surface area contributed by atoms with Gasteiger partial charge in [0, 0.05) is 19.0 Å². The van der Waals surface area contributed by atoms with Crippen LogP contribution in [0.15, 0.2) is 0 Å². The van der Waals surface area contributed by atoms with E-state index in [0.29, 0.717) is 0 Å². The Bertz CT molecular complexity index is 364. The van der Waals surface area contributed by atoms with Gasteiger partial charge in [0.2, 0.25) is 0 Å². The van der Waals surface area contributed by atoms with E-state index in [1.165, 1.54) is 12.8 Å². The molecule has 0 unspecified atom stereocenters. The van der Waals surface area contributed by atoms with Gasteiger partial charge in [0.15, 0.2) is 0 Å². The Labute approximate surface area is 95.6 Å². The van der Waals surface area contributed by atoms with E-state index in [-0.39, 0.29) is 5.54 Å². The van der Waals surface area contributed by atoms with Crippen LogP contribution in [0.5, 0.6) is 0 Å². The van der Waals surface area contributed by atoms with Crippen molar-refractivity contribution in [2.75, 3.05) is 0 Å². The highest BCUT2D eigenvalue weighted by Crippen LogP contribution is 2.32. The molecule has 0 atom stereocenters. The minimum atomic E-state index is -0.0517. The molecule has 3 nitrogen and oxygen atoms in total. The number of nitrogens with two attached hydrogens (primary N) is 1. The fourth-order valence-electron chi connectivity index (χ4n) is 2.46. The standard InChI is InChI=1S/C11H18ClN3/c1-8-10(12)9(15(2)14-8)7-11(13)5-3-4-6-11/h3-7,13H2,1-2H3. The third-order valence-electron chi connectivity index (χ3n) is 3.38. The van der Waals surface area contributed by atoms with Crippen LogP contribution in [0.1, 0.15) is 37.1 Å². The smallest absolute Gasteiger partial charge is 0.0847 e. The van der Waals surface area contributed by atoms with Crippen molar-refractivity contribution >= 4 is 11.6 Å². The van der Waals surface area contributed by atoms with E-state index in [9.17, 15) is 0 Å². The van der Waals surface area contributed by atoms with Gasteiger partial charge in [-0.2, -0.15) is 5.10 Å². The van der Waals surface area contributed by atoms with Crippen LogP contribution < -0.4 is 5.73 Å². The van der Waals surface area contributed by atoms with Crippen molar-refractivity contribution in [3.8, 4) is 0 Å². The summed E-state index contributed by atoms with van der Waals surface area (Å²) < 4.78 is 1.87. The average Bonchev–Trinajstić information content (AvgIpc) is 2.68. The summed E-state index contributed by atoms with van der Waals surface area (Å²) in [6.45, 7) is 1.93. The summed E-state index contributed by atoms with van der Waals surface area (Å²) >= 11 is 6.22. The van der Waals surface area contributed by atoms with Crippen LogP contribution in [0, 0.1) is 6.92 Å². The lowest BCUT2D eigenvalue weighted by molar-refractivity contribution is 0.423. The number of aromatic nitrogens is 2. The number of rotatable bonds is 2. The van der Waals surface area contributed by atoms with Crippen LogP contribution in [-0.4, -0.2) is 15.3 Å². The second-order valence-corrected chi connectivity index (χ2v) is 5.09. The fourth-order valence-corrected chi connectivity index (χ4v) is 2.69. The molecular weight excluding hydrogens is 210 g/mol.